The third-order valence-electron chi connectivity index (χ3n) is 6.17. The summed E-state index contributed by atoms with van der Waals surface area (Å²) in [5.74, 6) is 0. The van der Waals surface area contributed by atoms with Gasteiger partial charge in [0.1, 0.15) is 0 Å². The highest BCUT2D eigenvalue weighted by molar-refractivity contribution is 5.87. The summed E-state index contributed by atoms with van der Waals surface area (Å²) in [6.45, 7) is 4.13. The van der Waals surface area contributed by atoms with Gasteiger partial charge in [0.2, 0.25) is 0 Å². The van der Waals surface area contributed by atoms with Crippen LogP contribution in [0.2, 0.25) is 0 Å². The maximum Gasteiger partial charge on any atom is 0.255 e. The Morgan fingerprint density at radius 3 is 2.40 bits per heavy atom. The first-order chi connectivity index (χ1) is 14.0. The third kappa shape index (κ3) is 3.36. The molecule has 5 heteroatoms. The first-order valence-corrected chi connectivity index (χ1v) is 10.1. The highest BCUT2D eigenvalue weighted by Crippen LogP contribution is 2.31. The van der Waals surface area contributed by atoms with Gasteiger partial charge in [-0.2, -0.15) is 0 Å². The van der Waals surface area contributed by atoms with Gasteiger partial charge in [-0.15, -0.1) is 12.4 Å². The number of hydrogen-bond acceptors (Lipinski definition) is 2. The summed E-state index contributed by atoms with van der Waals surface area (Å²) in [5.41, 5.74) is 8.15. The van der Waals surface area contributed by atoms with Crippen molar-refractivity contribution >= 4 is 23.3 Å². The van der Waals surface area contributed by atoms with Gasteiger partial charge in [-0.25, -0.2) is 0 Å². The van der Waals surface area contributed by atoms with E-state index in [4.69, 9.17) is 0 Å². The van der Waals surface area contributed by atoms with E-state index in [2.05, 4.69) is 73.0 Å². The molecule has 4 aromatic rings. The zero-order valence-corrected chi connectivity index (χ0v) is 18.4. The van der Waals surface area contributed by atoms with E-state index in [1.54, 1.807) is 10.6 Å². The summed E-state index contributed by atoms with van der Waals surface area (Å²) in [7, 11) is 4.30. The Labute approximate surface area is 182 Å². The second-order valence-electron chi connectivity index (χ2n) is 8.16. The van der Waals surface area contributed by atoms with E-state index >= 15 is 0 Å². The van der Waals surface area contributed by atoms with Crippen LogP contribution in [0.25, 0.3) is 27.7 Å². The summed E-state index contributed by atoms with van der Waals surface area (Å²) in [6, 6.07) is 18.4. The lowest BCUT2D eigenvalue weighted by Crippen LogP contribution is -2.27. The molecule has 1 aliphatic rings. The number of aryl methyl sites for hydroxylation is 2. The number of aromatic nitrogens is 2. The summed E-state index contributed by atoms with van der Waals surface area (Å²) >= 11 is 0. The molecule has 2 aromatic heterocycles. The molecule has 0 spiro atoms. The van der Waals surface area contributed by atoms with Crippen LogP contribution in [-0.2, 0) is 20.0 Å². The van der Waals surface area contributed by atoms with Gasteiger partial charge in [-0.05, 0) is 55.3 Å². The summed E-state index contributed by atoms with van der Waals surface area (Å²) in [5, 5.41) is 1.31. The van der Waals surface area contributed by atoms with Crippen molar-refractivity contribution in [2.45, 2.75) is 19.9 Å². The van der Waals surface area contributed by atoms with Crippen molar-refractivity contribution < 1.29 is 0 Å². The molecule has 0 fully saturated rings. The van der Waals surface area contributed by atoms with Crippen LogP contribution in [0.5, 0.6) is 0 Å². The van der Waals surface area contributed by atoms with Gasteiger partial charge < -0.3 is 9.47 Å². The predicted octanol–water partition coefficient (Wildman–Crippen LogP) is 4.71. The van der Waals surface area contributed by atoms with Gasteiger partial charge in [0.05, 0.1) is 11.2 Å². The van der Waals surface area contributed by atoms with Crippen molar-refractivity contribution in [1.82, 2.24) is 14.0 Å². The Kier molecular flexibility index (Phi) is 5.31. The fraction of sp³-hybridized carbons (Fsp3) is 0.240. The normalized spacial score (nSPS) is 13.8. The van der Waals surface area contributed by atoms with Gasteiger partial charge in [0.25, 0.3) is 5.56 Å². The molecule has 0 saturated heterocycles. The molecule has 2 aromatic carbocycles. The van der Waals surface area contributed by atoms with Gasteiger partial charge >= 0.3 is 0 Å². The molecule has 5 rings (SSSR count). The molecule has 3 heterocycles. The molecule has 0 radical (unpaired) electrons. The molecule has 0 N–H and O–H groups in total. The van der Waals surface area contributed by atoms with Crippen LogP contribution in [0, 0.1) is 6.92 Å². The lowest BCUT2D eigenvalue weighted by atomic mass is 10.0. The van der Waals surface area contributed by atoms with Crippen LogP contribution in [0.4, 0.5) is 0 Å². The van der Waals surface area contributed by atoms with Gasteiger partial charge in [-0.1, -0.05) is 35.9 Å². The maximum absolute atomic E-state index is 12.9. The van der Waals surface area contributed by atoms with Crippen LogP contribution >= 0.6 is 12.4 Å². The van der Waals surface area contributed by atoms with E-state index in [0.717, 1.165) is 36.3 Å². The van der Waals surface area contributed by atoms with Crippen molar-refractivity contribution in [2.24, 2.45) is 7.05 Å². The Bertz CT molecular complexity index is 1280. The summed E-state index contributed by atoms with van der Waals surface area (Å²) in [4.78, 5) is 15.2. The monoisotopic (exact) mass is 419 g/mol. The van der Waals surface area contributed by atoms with E-state index < -0.39 is 0 Å². The van der Waals surface area contributed by atoms with Gasteiger partial charge in [-0.3, -0.25) is 9.36 Å². The average Bonchev–Trinajstić information content (AvgIpc) is 2.99. The highest BCUT2D eigenvalue weighted by Gasteiger charge is 2.21. The van der Waals surface area contributed by atoms with E-state index in [9.17, 15) is 4.79 Å². The molecule has 1 aliphatic heterocycles. The van der Waals surface area contributed by atoms with Crippen LogP contribution < -0.4 is 5.56 Å². The van der Waals surface area contributed by atoms with Crippen LogP contribution in [-0.4, -0.2) is 27.6 Å². The second kappa shape index (κ2) is 7.78. The molecule has 0 saturated carbocycles. The number of hydrogen-bond donors (Lipinski definition) is 0. The molecular weight excluding hydrogens is 394 g/mol. The highest BCUT2D eigenvalue weighted by atomic mass is 35.5. The second-order valence-corrected chi connectivity index (χ2v) is 8.16. The SMILES string of the molecule is Cc1ccc(-c2ccn(-c3ccc4c5c(n(C)c4c3)CN(C)CC5)c(=O)c2)cc1.Cl. The first kappa shape index (κ1) is 20.5. The lowest BCUT2D eigenvalue weighted by molar-refractivity contribution is 0.305. The Balaban J connectivity index is 0.00000218. The average molecular weight is 420 g/mol. The molecular formula is C25H26ClN3O. The standard InChI is InChI=1S/C25H25N3O.ClH/c1-17-4-6-18(7-5-17)19-10-13-28(25(29)14-19)20-8-9-21-22-11-12-26(2)16-24(22)27(3)23(21)15-20;/h4-10,13-15H,11-12,16H2,1-3H3;1H. The van der Waals surface area contributed by atoms with E-state index in [1.807, 2.05) is 12.3 Å². The van der Waals surface area contributed by atoms with Crippen LogP contribution in [0.15, 0.2) is 65.6 Å². The summed E-state index contributed by atoms with van der Waals surface area (Å²) in [6.07, 6.45) is 2.96. The zero-order chi connectivity index (χ0) is 20.1. The minimum Gasteiger partial charge on any atom is -0.346 e. The number of likely N-dealkylation sites (N-methyl/N-ethyl adjacent to an activating group) is 1. The van der Waals surface area contributed by atoms with E-state index in [0.29, 0.717) is 0 Å². The van der Waals surface area contributed by atoms with Gasteiger partial charge in [0, 0.05) is 43.5 Å². The molecule has 154 valence electrons. The first-order valence-electron chi connectivity index (χ1n) is 10.1. The van der Waals surface area contributed by atoms with E-state index in [1.165, 1.54) is 27.7 Å². The zero-order valence-electron chi connectivity index (χ0n) is 17.6. The molecule has 0 atom stereocenters. The van der Waals surface area contributed by atoms with Crippen molar-refractivity contribution in [3.05, 3.63) is 88.0 Å². The molecule has 0 aliphatic carbocycles. The Morgan fingerprint density at radius 2 is 1.67 bits per heavy atom. The number of pyridine rings is 1. The fourth-order valence-corrected chi connectivity index (χ4v) is 4.44. The largest absolute Gasteiger partial charge is 0.346 e. The van der Waals surface area contributed by atoms with Crippen molar-refractivity contribution in [2.75, 3.05) is 13.6 Å². The molecule has 30 heavy (non-hydrogen) atoms. The number of fused-ring (bicyclic) bond motifs is 3. The lowest BCUT2D eigenvalue weighted by Gasteiger charge is -2.23. The molecule has 4 nitrogen and oxygen atoms in total. The van der Waals surface area contributed by atoms with E-state index in [-0.39, 0.29) is 18.0 Å². The summed E-state index contributed by atoms with van der Waals surface area (Å²) < 4.78 is 4.02. The minimum atomic E-state index is -0.0128. The van der Waals surface area contributed by atoms with Crippen molar-refractivity contribution in [3.8, 4) is 16.8 Å². The topological polar surface area (TPSA) is 30.2 Å². The van der Waals surface area contributed by atoms with Crippen molar-refractivity contribution in [1.29, 1.82) is 0 Å². The quantitative estimate of drug-likeness (QED) is 0.471. The van der Waals surface area contributed by atoms with Crippen molar-refractivity contribution in [3.63, 3.8) is 0 Å². The van der Waals surface area contributed by atoms with Gasteiger partial charge in [0.15, 0.2) is 0 Å². The molecule has 0 unspecified atom stereocenters. The fourth-order valence-electron chi connectivity index (χ4n) is 4.44. The Hall–Kier alpha value is -2.82. The molecule has 0 amide bonds. The van der Waals surface area contributed by atoms with Crippen LogP contribution in [0.3, 0.4) is 0 Å². The minimum absolute atomic E-state index is 0. The number of benzene rings is 2. The number of nitrogens with zero attached hydrogens (tertiary/aromatic N) is 3. The molecule has 0 bridgehead atoms. The number of rotatable bonds is 2. The third-order valence-corrected chi connectivity index (χ3v) is 6.17. The Morgan fingerprint density at radius 1 is 0.900 bits per heavy atom. The van der Waals surface area contributed by atoms with Crippen LogP contribution in [0.1, 0.15) is 16.8 Å². The smallest absolute Gasteiger partial charge is 0.255 e. The predicted molar refractivity (Wildman–Crippen MR) is 126 cm³/mol. The maximum atomic E-state index is 12.9. The number of halogens is 1.